The molecule has 0 saturated carbocycles. The van der Waals surface area contributed by atoms with Gasteiger partial charge in [-0.25, -0.2) is 4.98 Å². The first-order valence-electron chi connectivity index (χ1n) is 11.5. The zero-order valence-corrected chi connectivity index (χ0v) is 23.7. The number of hydrogen-bond donors (Lipinski definition) is 0. The Morgan fingerprint density at radius 1 is 0.730 bits per heavy atom. The van der Waals surface area contributed by atoms with Crippen molar-refractivity contribution in [1.82, 2.24) is 19.4 Å². The van der Waals surface area contributed by atoms with Crippen LogP contribution < -0.4 is 0 Å². The number of piperazine rings is 1. The summed E-state index contributed by atoms with van der Waals surface area (Å²) in [6, 6.07) is 27.6. The fraction of sp³-hybridized carbons (Fsp3) is 0.296. The average molecular weight is 590 g/mol. The summed E-state index contributed by atoms with van der Waals surface area (Å²) >= 11 is 6.63. The standard InChI is InChI=1S/C27H29ClN4.3ClH.2H2O/c28-24-12-5-4-11-23(24)27(22-9-2-1-3-10-22)31-19-17-30(18-20-31)15-8-16-32-21-29-25-13-6-7-14-26(25)32;;;;;/h1-7,9-14,21,27H,8,15-20H2;3*1H;2*1H2. The summed E-state index contributed by atoms with van der Waals surface area (Å²) < 4.78 is 2.27. The lowest BCUT2D eigenvalue weighted by Gasteiger charge is -2.40. The zero-order valence-electron chi connectivity index (χ0n) is 20.5. The second-order valence-electron chi connectivity index (χ2n) is 8.49. The minimum atomic E-state index is 0. The van der Waals surface area contributed by atoms with Crippen LogP contribution in [0.1, 0.15) is 23.6 Å². The van der Waals surface area contributed by atoms with Crippen LogP contribution in [0.5, 0.6) is 0 Å². The molecule has 1 fully saturated rings. The number of imidazole rings is 1. The normalized spacial score (nSPS) is 14.2. The van der Waals surface area contributed by atoms with Crippen LogP contribution in [-0.4, -0.2) is 63.0 Å². The molecule has 0 bridgehead atoms. The number of fused-ring (bicyclic) bond motifs is 1. The minimum absolute atomic E-state index is 0. The van der Waals surface area contributed by atoms with Gasteiger partial charge in [0.25, 0.3) is 0 Å². The highest BCUT2D eigenvalue weighted by Gasteiger charge is 2.27. The highest BCUT2D eigenvalue weighted by molar-refractivity contribution is 6.31. The molecule has 2 heterocycles. The van der Waals surface area contributed by atoms with E-state index in [0.29, 0.717) is 0 Å². The molecule has 1 unspecified atom stereocenters. The molecule has 10 heteroatoms. The molecule has 4 N–H and O–H groups in total. The quantitative estimate of drug-likeness (QED) is 0.300. The molecule has 6 nitrogen and oxygen atoms in total. The van der Waals surface area contributed by atoms with Crippen LogP contribution in [0.25, 0.3) is 11.0 Å². The minimum Gasteiger partial charge on any atom is -0.412 e. The highest BCUT2D eigenvalue weighted by Crippen LogP contribution is 2.33. The largest absolute Gasteiger partial charge is 0.412 e. The van der Waals surface area contributed by atoms with Crippen molar-refractivity contribution in [2.75, 3.05) is 32.7 Å². The van der Waals surface area contributed by atoms with Crippen LogP contribution in [0, 0.1) is 0 Å². The van der Waals surface area contributed by atoms with Crippen molar-refractivity contribution in [3.8, 4) is 0 Å². The van der Waals surface area contributed by atoms with Gasteiger partial charge in [-0.1, -0.05) is 72.3 Å². The van der Waals surface area contributed by atoms with E-state index in [2.05, 4.69) is 80.0 Å². The zero-order chi connectivity index (χ0) is 21.8. The smallest absolute Gasteiger partial charge is 0.0958 e. The molecular formula is C27H36Cl4N4O2. The molecule has 1 aliphatic heterocycles. The second-order valence-corrected chi connectivity index (χ2v) is 8.90. The van der Waals surface area contributed by atoms with E-state index in [9.17, 15) is 0 Å². The molecule has 0 amide bonds. The molecule has 204 valence electrons. The SMILES string of the molecule is Cl.Cl.Cl.Clc1ccccc1C(c1ccccc1)N1CCN(CCCn2cnc3ccccc32)CC1.O.O. The van der Waals surface area contributed by atoms with Gasteiger partial charge in [0.1, 0.15) is 0 Å². The van der Waals surface area contributed by atoms with Gasteiger partial charge in [-0.05, 0) is 42.3 Å². The topological polar surface area (TPSA) is 87.3 Å². The molecule has 5 rings (SSSR count). The number of aryl methyl sites for hydroxylation is 1. The Labute approximate surface area is 242 Å². The third kappa shape index (κ3) is 8.31. The van der Waals surface area contributed by atoms with Gasteiger partial charge in [0.15, 0.2) is 0 Å². The Morgan fingerprint density at radius 3 is 2.05 bits per heavy atom. The van der Waals surface area contributed by atoms with E-state index in [1.807, 2.05) is 24.5 Å². The van der Waals surface area contributed by atoms with Crippen molar-refractivity contribution in [2.24, 2.45) is 0 Å². The first-order chi connectivity index (χ1) is 15.8. The summed E-state index contributed by atoms with van der Waals surface area (Å²) in [6.45, 7) is 6.37. The number of nitrogens with zero attached hydrogens (tertiary/aromatic N) is 4. The van der Waals surface area contributed by atoms with Gasteiger partial charge >= 0.3 is 0 Å². The molecule has 4 aromatic rings. The fourth-order valence-corrected chi connectivity index (χ4v) is 5.06. The predicted molar refractivity (Wildman–Crippen MR) is 161 cm³/mol. The summed E-state index contributed by atoms with van der Waals surface area (Å²) in [5.74, 6) is 0. The molecule has 1 aromatic heterocycles. The van der Waals surface area contributed by atoms with Crippen molar-refractivity contribution in [3.63, 3.8) is 0 Å². The molecule has 0 aliphatic carbocycles. The number of para-hydroxylation sites is 2. The molecule has 3 aromatic carbocycles. The molecule has 1 saturated heterocycles. The molecular weight excluding hydrogens is 554 g/mol. The van der Waals surface area contributed by atoms with E-state index in [0.717, 1.165) is 56.2 Å². The molecule has 1 aliphatic rings. The number of aromatic nitrogens is 2. The van der Waals surface area contributed by atoms with Gasteiger partial charge in [0, 0.05) is 37.7 Å². The third-order valence-corrected chi connectivity index (χ3v) is 6.83. The average Bonchev–Trinajstić information content (AvgIpc) is 3.25. The predicted octanol–water partition coefficient (Wildman–Crippen LogP) is 5.10. The highest BCUT2D eigenvalue weighted by atomic mass is 35.5. The van der Waals surface area contributed by atoms with Crippen molar-refractivity contribution >= 4 is 59.9 Å². The van der Waals surface area contributed by atoms with E-state index >= 15 is 0 Å². The summed E-state index contributed by atoms with van der Waals surface area (Å²) in [4.78, 5) is 9.68. The molecule has 37 heavy (non-hydrogen) atoms. The van der Waals surface area contributed by atoms with Crippen LogP contribution in [-0.2, 0) is 6.54 Å². The van der Waals surface area contributed by atoms with Crippen molar-refractivity contribution in [1.29, 1.82) is 0 Å². The van der Waals surface area contributed by atoms with E-state index in [1.165, 1.54) is 16.6 Å². The van der Waals surface area contributed by atoms with Gasteiger partial charge in [-0.3, -0.25) is 4.90 Å². The Bertz CT molecular complexity index is 1170. The maximum absolute atomic E-state index is 6.63. The number of benzene rings is 3. The van der Waals surface area contributed by atoms with Crippen LogP contribution in [0.15, 0.2) is 85.2 Å². The maximum Gasteiger partial charge on any atom is 0.0958 e. The van der Waals surface area contributed by atoms with E-state index in [-0.39, 0.29) is 54.2 Å². The molecule has 1 atom stereocenters. The van der Waals surface area contributed by atoms with E-state index in [4.69, 9.17) is 11.6 Å². The molecule has 0 radical (unpaired) electrons. The molecule has 0 spiro atoms. The monoisotopic (exact) mass is 588 g/mol. The van der Waals surface area contributed by atoms with Gasteiger partial charge < -0.3 is 20.4 Å². The van der Waals surface area contributed by atoms with Crippen LogP contribution >= 0.6 is 48.8 Å². The van der Waals surface area contributed by atoms with Crippen LogP contribution in [0.2, 0.25) is 5.02 Å². The van der Waals surface area contributed by atoms with Gasteiger partial charge in [-0.2, -0.15) is 0 Å². The first kappa shape index (κ1) is 35.1. The van der Waals surface area contributed by atoms with Gasteiger partial charge in [0.2, 0.25) is 0 Å². The second kappa shape index (κ2) is 16.9. The summed E-state index contributed by atoms with van der Waals surface area (Å²) in [5, 5.41) is 0.844. The maximum atomic E-state index is 6.63. The number of halogens is 4. The number of rotatable bonds is 7. The first-order valence-corrected chi connectivity index (χ1v) is 11.8. The van der Waals surface area contributed by atoms with Crippen LogP contribution in [0.3, 0.4) is 0 Å². The summed E-state index contributed by atoms with van der Waals surface area (Å²) in [6.07, 6.45) is 3.10. The Hall–Kier alpha value is -1.87. The Balaban J connectivity index is 0.00000259. The van der Waals surface area contributed by atoms with E-state index in [1.54, 1.807) is 0 Å². The van der Waals surface area contributed by atoms with Crippen molar-refractivity contribution < 1.29 is 11.0 Å². The van der Waals surface area contributed by atoms with Crippen LogP contribution in [0.4, 0.5) is 0 Å². The lowest BCUT2D eigenvalue weighted by atomic mass is 9.96. The Kier molecular flexibility index (Phi) is 16.0. The van der Waals surface area contributed by atoms with Crippen molar-refractivity contribution in [2.45, 2.75) is 19.0 Å². The lowest BCUT2D eigenvalue weighted by molar-refractivity contribution is 0.108. The van der Waals surface area contributed by atoms with Gasteiger partial charge in [0.05, 0.1) is 23.4 Å². The van der Waals surface area contributed by atoms with E-state index < -0.39 is 0 Å². The van der Waals surface area contributed by atoms with Crippen molar-refractivity contribution in [3.05, 3.63) is 101 Å². The third-order valence-electron chi connectivity index (χ3n) is 6.49. The summed E-state index contributed by atoms with van der Waals surface area (Å²) in [5.41, 5.74) is 4.80. The lowest BCUT2D eigenvalue weighted by Crippen LogP contribution is -2.48. The summed E-state index contributed by atoms with van der Waals surface area (Å²) in [7, 11) is 0. The fourth-order valence-electron chi connectivity index (χ4n) is 4.82. The van der Waals surface area contributed by atoms with Gasteiger partial charge in [-0.15, -0.1) is 37.2 Å². The Morgan fingerprint density at radius 2 is 1.35 bits per heavy atom. The number of hydrogen-bond acceptors (Lipinski definition) is 3.